The van der Waals surface area contributed by atoms with Crippen LogP contribution in [0.3, 0.4) is 0 Å². The lowest BCUT2D eigenvalue weighted by molar-refractivity contribution is -0.111. The zero-order valence-electron chi connectivity index (χ0n) is 11.0. The molecular weight excluding hydrogens is 302 g/mol. The van der Waals surface area contributed by atoms with Crippen LogP contribution in [0.1, 0.15) is 27.2 Å². The van der Waals surface area contributed by atoms with Crippen molar-refractivity contribution in [3.05, 3.63) is 0 Å². The molecule has 1 rings (SSSR count). The summed E-state index contributed by atoms with van der Waals surface area (Å²) in [4.78, 5) is 24.4. The van der Waals surface area contributed by atoms with Crippen molar-refractivity contribution < 1.29 is 19.1 Å². The number of halogens is 1. The van der Waals surface area contributed by atoms with Crippen molar-refractivity contribution in [1.82, 2.24) is 4.90 Å². The molecule has 104 valence electrons. The van der Waals surface area contributed by atoms with Gasteiger partial charge in [-0.1, -0.05) is 15.9 Å². The molecule has 0 spiro atoms. The number of amides is 1. The standard InChI is InChI=1S/C12H20BrNO4/c1-12(2,3)18-11(16)14-7-10(17-5-4-13)6-9(14)8-15/h8-10H,4-7H2,1-3H3/t9?,10-/m0/s1. The van der Waals surface area contributed by atoms with Gasteiger partial charge in [0.05, 0.1) is 25.3 Å². The summed E-state index contributed by atoms with van der Waals surface area (Å²) in [6, 6.07) is -0.444. The molecule has 1 fully saturated rings. The third-order valence-corrected chi connectivity index (χ3v) is 2.84. The van der Waals surface area contributed by atoms with Crippen LogP contribution in [0.5, 0.6) is 0 Å². The van der Waals surface area contributed by atoms with Crippen molar-refractivity contribution in [3.63, 3.8) is 0 Å². The monoisotopic (exact) mass is 321 g/mol. The van der Waals surface area contributed by atoms with Crippen LogP contribution in [0.15, 0.2) is 0 Å². The number of carbonyl (C=O) groups excluding carboxylic acids is 2. The second kappa shape index (κ2) is 6.52. The van der Waals surface area contributed by atoms with Crippen LogP contribution >= 0.6 is 15.9 Å². The summed E-state index contributed by atoms with van der Waals surface area (Å²) >= 11 is 3.27. The fourth-order valence-electron chi connectivity index (χ4n) is 1.82. The highest BCUT2D eigenvalue weighted by atomic mass is 79.9. The third kappa shape index (κ3) is 4.57. The predicted molar refractivity (Wildman–Crippen MR) is 70.9 cm³/mol. The number of carbonyl (C=O) groups is 2. The van der Waals surface area contributed by atoms with E-state index in [1.54, 1.807) is 20.8 Å². The molecule has 6 heteroatoms. The molecule has 2 atom stereocenters. The third-order valence-electron chi connectivity index (χ3n) is 2.52. The largest absolute Gasteiger partial charge is 0.444 e. The zero-order chi connectivity index (χ0) is 13.8. The molecular formula is C12H20BrNO4. The highest BCUT2D eigenvalue weighted by Gasteiger charge is 2.37. The van der Waals surface area contributed by atoms with Gasteiger partial charge in [0, 0.05) is 11.8 Å². The van der Waals surface area contributed by atoms with E-state index in [9.17, 15) is 9.59 Å². The van der Waals surface area contributed by atoms with Gasteiger partial charge < -0.3 is 14.3 Å². The smallest absolute Gasteiger partial charge is 0.410 e. The summed E-state index contributed by atoms with van der Waals surface area (Å²) in [7, 11) is 0. The lowest BCUT2D eigenvalue weighted by Crippen LogP contribution is -2.40. The molecule has 1 aliphatic heterocycles. The lowest BCUT2D eigenvalue weighted by Gasteiger charge is -2.26. The minimum atomic E-state index is -0.556. The molecule has 0 aliphatic carbocycles. The minimum Gasteiger partial charge on any atom is -0.444 e. The molecule has 1 amide bonds. The van der Waals surface area contributed by atoms with Gasteiger partial charge in [0.15, 0.2) is 0 Å². The first kappa shape index (κ1) is 15.4. The normalized spacial score (nSPS) is 24.1. The predicted octanol–water partition coefficient (Wildman–Crippen LogP) is 1.97. The topological polar surface area (TPSA) is 55.8 Å². The first-order valence-corrected chi connectivity index (χ1v) is 7.12. The van der Waals surface area contributed by atoms with Gasteiger partial charge in [0.25, 0.3) is 0 Å². The molecule has 0 bridgehead atoms. The first-order chi connectivity index (χ1) is 8.37. The molecule has 0 aromatic carbocycles. The molecule has 1 heterocycles. The summed E-state index contributed by atoms with van der Waals surface area (Å²) in [6.07, 6.45) is 0.770. The second-order valence-corrected chi connectivity index (χ2v) is 6.05. The van der Waals surface area contributed by atoms with Crippen LogP contribution in [-0.4, -0.2) is 53.5 Å². The Hall–Kier alpha value is -0.620. The lowest BCUT2D eigenvalue weighted by atomic mass is 10.2. The fourth-order valence-corrected chi connectivity index (χ4v) is 2.00. The van der Waals surface area contributed by atoms with E-state index < -0.39 is 17.7 Å². The molecule has 1 unspecified atom stereocenters. The van der Waals surface area contributed by atoms with Crippen molar-refractivity contribution in [1.29, 1.82) is 0 Å². The SMILES string of the molecule is CC(C)(C)OC(=O)N1C[C@@H](OCCBr)CC1C=O. The summed E-state index contributed by atoms with van der Waals surface area (Å²) in [5, 5.41) is 0.738. The number of hydrogen-bond donors (Lipinski definition) is 0. The number of alkyl halides is 1. The summed E-state index contributed by atoms with van der Waals surface area (Å²) in [6.45, 7) is 6.38. The number of rotatable bonds is 4. The van der Waals surface area contributed by atoms with Gasteiger partial charge in [0.2, 0.25) is 0 Å². The molecule has 0 saturated carbocycles. The van der Waals surface area contributed by atoms with E-state index in [0.717, 1.165) is 11.6 Å². The van der Waals surface area contributed by atoms with E-state index in [0.29, 0.717) is 19.6 Å². The van der Waals surface area contributed by atoms with Crippen LogP contribution in [0.2, 0.25) is 0 Å². The average molecular weight is 322 g/mol. The Kier molecular flexibility index (Phi) is 5.59. The average Bonchev–Trinajstić information content (AvgIpc) is 2.67. The molecule has 1 aliphatic rings. The molecule has 0 N–H and O–H groups in total. The van der Waals surface area contributed by atoms with E-state index >= 15 is 0 Å². The molecule has 18 heavy (non-hydrogen) atoms. The Labute approximate surface area is 116 Å². The van der Waals surface area contributed by atoms with Gasteiger partial charge in [0.1, 0.15) is 11.9 Å². The van der Waals surface area contributed by atoms with Gasteiger partial charge in [-0.2, -0.15) is 0 Å². The Bertz CT molecular complexity index is 303. The van der Waals surface area contributed by atoms with Crippen molar-refractivity contribution in [2.45, 2.75) is 44.9 Å². The van der Waals surface area contributed by atoms with Crippen molar-refractivity contribution >= 4 is 28.3 Å². The summed E-state index contributed by atoms with van der Waals surface area (Å²) in [5.41, 5.74) is -0.556. The maximum Gasteiger partial charge on any atom is 0.410 e. The number of aldehydes is 1. The van der Waals surface area contributed by atoms with Gasteiger partial charge in [-0.3, -0.25) is 4.90 Å². The van der Waals surface area contributed by atoms with Crippen LogP contribution in [0.4, 0.5) is 4.79 Å². The highest BCUT2D eigenvalue weighted by molar-refractivity contribution is 9.09. The minimum absolute atomic E-state index is 0.0923. The van der Waals surface area contributed by atoms with Crippen LogP contribution in [0.25, 0.3) is 0 Å². The maximum absolute atomic E-state index is 11.9. The zero-order valence-corrected chi connectivity index (χ0v) is 12.6. The van der Waals surface area contributed by atoms with E-state index in [1.165, 1.54) is 4.90 Å². The Morgan fingerprint density at radius 3 is 2.67 bits per heavy atom. The number of nitrogens with zero attached hydrogens (tertiary/aromatic N) is 1. The fraction of sp³-hybridized carbons (Fsp3) is 0.833. The Balaban J connectivity index is 2.58. The second-order valence-electron chi connectivity index (χ2n) is 5.25. The van der Waals surface area contributed by atoms with Crippen LogP contribution in [-0.2, 0) is 14.3 Å². The van der Waals surface area contributed by atoms with E-state index in [-0.39, 0.29) is 6.10 Å². The van der Waals surface area contributed by atoms with Gasteiger partial charge in [-0.15, -0.1) is 0 Å². The summed E-state index contributed by atoms with van der Waals surface area (Å²) in [5.74, 6) is 0. The van der Waals surface area contributed by atoms with Crippen LogP contribution < -0.4 is 0 Å². The molecule has 0 aromatic heterocycles. The van der Waals surface area contributed by atoms with Gasteiger partial charge in [-0.25, -0.2) is 4.79 Å². The van der Waals surface area contributed by atoms with E-state index in [2.05, 4.69) is 15.9 Å². The van der Waals surface area contributed by atoms with Gasteiger partial charge >= 0.3 is 6.09 Å². The van der Waals surface area contributed by atoms with E-state index in [1.807, 2.05) is 0 Å². The Morgan fingerprint density at radius 1 is 1.50 bits per heavy atom. The Morgan fingerprint density at radius 2 is 2.17 bits per heavy atom. The van der Waals surface area contributed by atoms with Crippen molar-refractivity contribution in [2.75, 3.05) is 18.5 Å². The highest BCUT2D eigenvalue weighted by Crippen LogP contribution is 2.22. The molecule has 0 aromatic rings. The first-order valence-electron chi connectivity index (χ1n) is 6.00. The van der Waals surface area contributed by atoms with Crippen LogP contribution in [0, 0.1) is 0 Å². The molecule has 1 saturated heterocycles. The number of ether oxygens (including phenoxy) is 2. The summed E-state index contributed by atoms with van der Waals surface area (Å²) < 4.78 is 10.8. The number of hydrogen-bond acceptors (Lipinski definition) is 4. The maximum atomic E-state index is 11.9. The number of likely N-dealkylation sites (tertiary alicyclic amines) is 1. The quantitative estimate of drug-likeness (QED) is 0.587. The molecule has 0 radical (unpaired) electrons. The van der Waals surface area contributed by atoms with Crippen molar-refractivity contribution in [3.8, 4) is 0 Å². The van der Waals surface area contributed by atoms with E-state index in [4.69, 9.17) is 9.47 Å². The van der Waals surface area contributed by atoms with Crippen molar-refractivity contribution in [2.24, 2.45) is 0 Å². The molecule has 5 nitrogen and oxygen atoms in total. The van der Waals surface area contributed by atoms with Gasteiger partial charge in [-0.05, 0) is 20.8 Å².